The lowest BCUT2D eigenvalue weighted by Crippen LogP contribution is -2.30. The highest BCUT2D eigenvalue weighted by atomic mass is 16.5. The van der Waals surface area contributed by atoms with Crippen molar-refractivity contribution >= 4 is 17.3 Å². The van der Waals surface area contributed by atoms with Crippen LogP contribution in [0.5, 0.6) is 11.5 Å². The largest absolute Gasteiger partial charge is 0.490 e. The third-order valence-corrected chi connectivity index (χ3v) is 5.55. The summed E-state index contributed by atoms with van der Waals surface area (Å²) in [5.41, 5.74) is 3.54. The van der Waals surface area contributed by atoms with Gasteiger partial charge in [-0.05, 0) is 36.8 Å². The SMILES string of the molecule is CCC(=O)N1CC[C@H](Oc2ccc3c(c2)N(c2ccc(C)c(C#N)c2)CCO3)C1. The molecule has 1 saturated heterocycles. The summed E-state index contributed by atoms with van der Waals surface area (Å²) in [5, 5.41) is 9.38. The second-order valence-electron chi connectivity index (χ2n) is 7.46. The zero-order valence-corrected chi connectivity index (χ0v) is 16.9. The van der Waals surface area contributed by atoms with Crippen LogP contribution in [0.2, 0.25) is 0 Å². The minimum absolute atomic E-state index is 0.00563. The van der Waals surface area contributed by atoms with Crippen LogP contribution < -0.4 is 14.4 Å². The van der Waals surface area contributed by atoms with E-state index in [1.807, 2.05) is 55.1 Å². The molecule has 0 N–H and O–H groups in total. The standard InChI is InChI=1S/C23H25N3O3/c1-3-23(27)25-9-8-20(15-25)29-19-6-7-22-21(13-19)26(10-11-28-22)18-5-4-16(2)17(12-18)14-24/h4-7,12-13,20H,3,8-11,15H2,1-2H3/t20-/m0/s1. The number of anilines is 2. The van der Waals surface area contributed by atoms with Crippen LogP contribution in [0.1, 0.15) is 30.9 Å². The zero-order valence-electron chi connectivity index (χ0n) is 16.9. The first-order valence-electron chi connectivity index (χ1n) is 10.1. The number of aryl methyl sites for hydroxylation is 1. The number of rotatable bonds is 4. The Balaban J connectivity index is 1.56. The minimum Gasteiger partial charge on any atom is -0.490 e. The maximum Gasteiger partial charge on any atom is 0.222 e. The number of ether oxygens (including phenoxy) is 2. The van der Waals surface area contributed by atoms with Gasteiger partial charge in [-0.2, -0.15) is 5.26 Å². The van der Waals surface area contributed by atoms with Crippen LogP contribution in [-0.4, -0.2) is 43.2 Å². The van der Waals surface area contributed by atoms with E-state index in [-0.39, 0.29) is 12.0 Å². The van der Waals surface area contributed by atoms with Crippen molar-refractivity contribution in [1.29, 1.82) is 5.26 Å². The number of carbonyl (C=O) groups is 1. The van der Waals surface area contributed by atoms with Crippen LogP contribution in [0.4, 0.5) is 11.4 Å². The van der Waals surface area contributed by atoms with Gasteiger partial charge >= 0.3 is 0 Å². The fourth-order valence-electron chi connectivity index (χ4n) is 3.90. The predicted octanol–water partition coefficient (Wildman–Crippen LogP) is 3.79. The lowest BCUT2D eigenvalue weighted by molar-refractivity contribution is -0.130. The minimum atomic E-state index is 0.00563. The van der Waals surface area contributed by atoms with Gasteiger partial charge < -0.3 is 19.3 Å². The van der Waals surface area contributed by atoms with Gasteiger partial charge in [-0.15, -0.1) is 0 Å². The summed E-state index contributed by atoms with van der Waals surface area (Å²) >= 11 is 0. The average molecular weight is 391 g/mol. The van der Waals surface area contributed by atoms with Crippen molar-refractivity contribution in [2.24, 2.45) is 0 Å². The van der Waals surface area contributed by atoms with Gasteiger partial charge in [0.25, 0.3) is 0 Å². The number of nitrogens with zero attached hydrogens (tertiary/aromatic N) is 3. The molecule has 0 bridgehead atoms. The molecular weight excluding hydrogens is 366 g/mol. The Hall–Kier alpha value is -3.20. The van der Waals surface area contributed by atoms with Crippen LogP contribution in [0.25, 0.3) is 0 Å². The maximum absolute atomic E-state index is 11.9. The van der Waals surface area contributed by atoms with E-state index < -0.39 is 0 Å². The summed E-state index contributed by atoms with van der Waals surface area (Å²) in [6.45, 7) is 6.49. The molecule has 6 heteroatoms. The molecule has 2 aromatic carbocycles. The van der Waals surface area contributed by atoms with Gasteiger partial charge in [0.15, 0.2) is 0 Å². The molecule has 4 rings (SSSR count). The van der Waals surface area contributed by atoms with Crippen molar-refractivity contribution < 1.29 is 14.3 Å². The molecule has 0 unspecified atom stereocenters. The summed E-state index contributed by atoms with van der Waals surface area (Å²) in [6.07, 6.45) is 1.37. The molecular formula is C23H25N3O3. The number of fused-ring (bicyclic) bond motifs is 1. The van der Waals surface area contributed by atoms with Crippen LogP contribution in [0.15, 0.2) is 36.4 Å². The first-order chi connectivity index (χ1) is 14.1. The molecule has 150 valence electrons. The smallest absolute Gasteiger partial charge is 0.222 e. The summed E-state index contributed by atoms with van der Waals surface area (Å²) in [4.78, 5) is 15.9. The molecule has 6 nitrogen and oxygen atoms in total. The van der Waals surface area contributed by atoms with Crippen molar-refractivity contribution in [1.82, 2.24) is 4.90 Å². The lowest BCUT2D eigenvalue weighted by Gasteiger charge is -2.32. The van der Waals surface area contributed by atoms with Crippen LogP contribution in [0.3, 0.4) is 0 Å². The number of benzene rings is 2. The van der Waals surface area contributed by atoms with Gasteiger partial charge in [-0.1, -0.05) is 13.0 Å². The van der Waals surface area contributed by atoms with E-state index in [9.17, 15) is 10.1 Å². The number of amides is 1. The third kappa shape index (κ3) is 3.86. The fourth-order valence-corrected chi connectivity index (χ4v) is 3.90. The molecule has 1 fully saturated rings. The first kappa shape index (κ1) is 19.1. The molecule has 0 saturated carbocycles. The summed E-state index contributed by atoms with van der Waals surface area (Å²) < 4.78 is 12.0. The number of hydrogen-bond acceptors (Lipinski definition) is 5. The Morgan fingerprint density at radius 2 is 2.14 bits per heavy atom. The Bertz CT molecular complexity index is 966. The number of carbonyl (C=O) groups excluding carboxylic acids is 1. The topological polar surface area (TPSA) is 65.8 Å². The molecule has 2 aliphatic heterocycles. The molecule has 2 aliphatic rings. The summed E-state index contributed by atoms with van der Waals surface area (Å²) in [7, 11) is 0. The maximum atomic E-state index is 11.9. The zero-order chi connectivity index (χ0) is 20.4. The lowest BCUT2D eigenvalue weighted by atomic mass is 10.1. The molecule has 2 aromatic rings. The molecule has 2 heterocycles. The highest BCUT2D eigenvalue weighted by molar-refractivity contribution is 5.76. The van der Waals surface area contributed by atoms with Crippen molar-refractivity contribution in [3.05, 3.63) is 47.5 Å². The van der Waals surface area contributed by atoms with Crippen LogP contribution in [0, 0.1) is 18.3 Å². The fraction of sp³-hybridized carbons (Fsp3) is 0.391. The molecule has 1 atom stereocenters. The van der Waals surface area contributed by atoms with Gasteiger partial charge in [-0.25, -0.2) is 0 Å². The van der Waals surface area contributed by atoms with Gasteiger partial charge in [0.05, 0.1) is 30.4 Å². The van der Waals surface area contributed by atoms with Crippen molar-refractivity contribution in [3.63, 3.8) is 0 Å². The van der Waals surface area contributed by atoms with Crippen molar-refractivity contribution in [2.75, 3.05) is 31.1 Å². The van der Waals surface area contributed by atoms with Crippen molar-refractivity contribution in [2.45, 2.75) is 32.8 Å². The summed E-state index contributed by atoms with van der Waals surface area (Å²) in [6, 6.07) is 14.0. The van der Waals surface area contributed by atoms with E-state index in [0.29, 0.717) is 31.7 Å². The van der Waals surface area contributed by atoms with Gasteiger partial charge in [0.1, 0.15) is 24.2 Å². The van der Waals surface area contributed by atoms with E-state index in [0.717, 1.165) is 41.4 Å². The predicted molar refractivity (Wildman–Crippen MR) is 111 cm³/mol. The third-order valence-electron chi connectivity index (χ3n) is 5.55. The molecule has 0 aliphatic carbocycles. The van der Waals surface area contributed by atoms with Crippen LogP contribution in [-0.2, 0) is 4.79 Å². The highest BCUT2D eigenvalue weighted by Gasteiger charge is 2.27. The van der Waals surface area contributed by atoms with E-state index >= 15 is 0 Å². The van der Waals surface area contributed by atoms with Crippen LogP contribution >= 0.6 is 0 Å². The monoisotopic (exact) mass is 391 g/mol. The number of hydrogen-bond donors (Lipinski definition) is 0. The Morgan fingerprint density at radius 1 is 1.28 bits per heavy atom. The second-order valence-corrected chi connectivity index (χ2v) is 7.46. The van der Waals surface area contributed by atoms with E-state index in [1.54, 1.807) is 0 Å². The van der Waals surface area contributed by atoms with E-state index in [1.165, 1.54) is 0 Å². The van der Waals surface area contributed by atoms with Gasteiger partial charge in [0.2, 0.25) is 5.91 Å². The first-order valence-corrected chi connectivity index (χ1v) is 10.1. The van der Waals surface area contributed by atoms with E-state index in [2.05, 4.69) is 11.0 Å². The van der Waals surface area contributed by atoms with E-state index in [4.69, 9.17) is 9.47 Å². The average Bonchev–Trinajstić information content (AvgIpc) is 3.21. The van der Waals surface area contributed by atoms with Gasteiger partial charge in [0, 0.05) is 31.1 Å². The molecule has 1 amide bonds. The quantitative estimate of drug-likeness (QED) is 0.793. The molecule has 0 aromatic heterocycles. The number of nitriles is 1. The summed E-state index contributed by atoms with van der Waals surface area (Å²) in [5.74, 6) is 1.74. The molecule has 0 spiro atoms. The number of likely N-dealkylation sites (tertiary alicyclic amines) is 1. The second kappa shape index (κ2) is 8.04. The normalized spacial score (nSPS) is 18.0. The molecule has 29 heavy (non-hydrogen) atoms. The Morgan fingerprint density at radius 3 is 2.93 bits per heavy atom. The Kier molecular flexibility index (Phi) is 5.30. The highest BCUT2D eigenvalue weighted by Crippen LogP contribution is 2.40. The molecule has 0 radical (unpaired) electrons. The van der Waals surface area contributed by atoms with Crippen molar-refractivity contribution in [3.8, 4) is 17.6 Å². The van der Waals surface area contributed by atoms with Gasteiger partial charge in [-0.3, -0.25) is 4.79 Å². The Labute approximate surface area is 171 Å².